The summed E-state index contributed by atoms with van der Waals surface area (Å²) in [4.78, 5) is 24.6. The molecule has 466 valence electrons. The van der Waals surface area contributed by atoms with Gasteiger partial charge in [-0.05, 0) is 83.5 Å². The third-order valence-electron chi connectivity index (χ3n) is 16.7. The van der Waals surface area contributed by atoms with Gasteiger partial charge in [0, 0.05) is 12.8 Å². The highest BCUT2D eigenvalue weighted by atomic mass is 16.5. The molecule has 0 rings (SSSR count). The van der Waals surface area contributed by atoms with E-state index in [4.69, 9.17) is 4.74 Å². The molecule has 6 nitrogen and oxygen atoms in total. The van der Waals surface area contributed by atoms with Gasteiger partial charge in [-0.15, -0.1) is 0 Å². The lowest BCUT2D eigenvalue weighted by atomic mass is 10.0. The van der Waals surface area contributed by atoms with Gasteiger partial charge in [0.05, 0.1) is 25.4 Å². The van der Waals surface area contributed by atoms with Crippen molar-refractivity contribution in [3.63, 3.8) is 0 Å². The third kappa shape index (κ3) is 65.1. The molecule has 0 aliphatic carbocycles. The standard InChI is InChI=1S/C73H139NO5/c1-3-5-7-9-11-13-15-17-19-38-41-45-49-53-57-61-65-71(76)70(69-75)74-72(77)66-62-58-54-50-46-42-39-35-33-31-29-27-25-23-21-20-22-24-26-28-30-32-34-36-40-44-48-52-56-60-64-68-79-73(78)67-63-59-55-51-47-43-37-18-16-14-12-10-8-6-4-2/h12,14,18,22,24,37,70-71,75-76H,3-11,13,15-17,19-21,23,25-36,38-69H2,1-2H3,(H,74,77)/b14-12-,24-22-,37-18-. The summed E-state index contributed by atoms with van der Waals surface area (Å²) < 4.78 is 5.49. The maximum absolute atomic E-state index is 12.5. The number of esters is 1. The molecule has 0 aromatic heterocycles. The molecule has 0 aliphatic rings. The molecule has 79 heavy (non-hydrogen) atoms. The van der Waals surface area contributed by atoms with Gasteiger partial charge in [-0.3, -0.25) is 9.59 Å². The molecule has 0 aromatic rings. The monoisotopic (exact) mass is 1110 g/mol. The molecule has 6 heteroatoms. The fourth-order valence-corrected chi connectivity index (χ4v) is 11.2. The fourth-order valence-electron chi connectivity index (χ4n) is 11.2. The summed E-state index contributed by atoms with van der Waals surface area (Å²) in [5.41, 5.74) is 0. The minimum atomic E-state index is -0.663. The number of ether oxygens (including phenoxy) is 1. The number of aliphatic hydroxyl groups is 2. The lowest BCUT2D eigenvalue weighted by Gasteiger charge is -2.22. The average molecular weight is 1110 g/mol. The first-order valence-corrected chi connectivity index (χ1v) is 35.7. The first-order chi connectivity index (χ1) is 39.0. The lowest BCUT2D eigenvalue weighted by Crippen LogP contribution is -2.45. The van der Waals surface area contributed by atoms with Crippen molar-refractivity contribution < 1.29 is 24.5 Å². The van der Waals surface area contributed by atoms with Crippen molar-refractivity contribution in [2.75, 3.05) is 13.2 Å². The van der Waals surface area contributed by atoms with Crippen LogP contribution < -0.4 is 5.32 Å². The van der Waals surface area contributed by atoms with Crippen LogP contribution in [-0.4, -0.2) is 47.4 Å². The van der Waals surface area contributed by atoms with Gasteiger partial charge in [0.25, 0.3) is 0 Å². The normalized spacial score (nSPS) is 12.7. The number of nitrogens with one attached hydrogen (secondary N) is 1. The second kappa shape index (κ2) is 68.6. The molecule has 2 unspecified atom stereocenters. The molecule has 0 fully saturated rings. The van der Waals surface area contributed by atoms with E-state index in [0.717, 1.165) is 51.4 Å². The highest BCUT2D eigenvalue weighted by Crippen LogP contribution is 2.19. The Labute approximate surface area is 494 Å². The van der Waals surface area contributed by atoms with E-state index in [1.54, 1.807) is 0 Å². The molecule has 0 heterocycles. The second-order valence-electron chi connectivity index (χ2n) is 24.6. The second-order valence-corrected chi connectivity index (χ2v) is 24.6. The number of carbonyl (C=O) groups is 2. The first-order valence-electron chi connectivity index (χ1n) is 35.7. The maximum Gasteiger partial charge on any atom is 0.305 e. The summed E-state index contributed by atoms with van der Waals surface area (Å²) >= 11 is 0. The molecule has 1 amide bonds. The molecule has 0 saturated heterocycles. The average Bonchev–Trinajstić information content (AvgIpc) is 3.45. The Morgan fingerprint density at radius 2 is 0.633 bits per heavy atom. The van der Waals surface area contributed by atoms with E-state index in [0.29, 0.717) is 25.9 Å². The van der Waals surface area contributed by atoms with Crippen molar-refractivity contribution in [2.45, 2.75) is 405 Å². The smallest absolute Gasteiger partial charge is 0.305 e. The van der Waals surface area contributed by atoms with Gasteiger partial charge in [-0.25, -0.2) is 0 Å². The van der Waals surface area contributed by atoms with Crippen molar-refractivity contribution in [2.24, 2.45) is 0 Å². The van der Waals surface area contributed by atoms with E-state index < -0.39 is 12.1 Å². The minimum absolute atomic E-state index is 0.00400. The summed E-state index contributed by atoms with van der Waals surface area (Å²) in [5, 5.41) is 23.4. The molecule has 0 aliphatic heterocycles. The largest absolute Gasteiger partial charge is 0.466 e. The molecular formula is C73H139NO5. The zero-order valence-electron chi connectivity index (χ0n) is 53.4. The van der Waals surface area contributed by atoms with Crippen LogP contribution in [0, 0.1) is 0 Å². The van der Waals surface area contributed by atoms with Crippen LogP contribution in [0.1, 0.15) is 393 Å². The van der Waals surface area contributed by atoms with Gasteiger partial charge in [0.1, 0.15) is 0 Å². The predicted octanol–water partition coefficient (Wildman–Crippen LogP) is 23.1. The quantitative estimate of drug-likeness (QED) is 0.0320. The van der Waals surface area contributed by atoms with E-state index in [1.807, 2.05) is 0 Å². The number of hydrogen-bond donors (Lipinski definition) is 3. The summed E-state index contributed by atoms with van der Waals surface area (Å²) in [6.45, 7) is 4.95. The van der Waals surface area contributed by atoms with Crippen molar-refractivity contribution in [3.8, 4) is 0 Å². The maximum atomic E-state index is 12.5. The molecule has 0 bridgehead atoms. The van der Waals surface area contributed by atoms with Gasteiger partial charge in [0.15, 0.2) is 0 Å². The van der Waals surface area contributed by atoms with E-state index in [-0.39, 0.29) is 18.5 Å². The van der Waals surface area contributed by atoms with Gasteiger partial charge in [0.2, 0.25) is 5.91 Å². The Morgan fingerprint density at radius 3 is 1.00 bits per heavy atom. The number of allylic oxidation sites excluding steroid dienone is 6. The van der Waals surface area contributed by atoms with Crippen LogP contribution in [0.25, 0.3) is 0 Å². The molecule has 3 N–H and O–H groups in total. The summed E-state index contributed by atoms with van der Waals surface area (Å²) in [5.74, 6) is -0.0260. The Bertz CT molecular complexity index is 1280. The van der Waals surface area contributed by atoms with Crippen LogP contribution >= 0.6 is 0 Å². The number of unbranched alkanes of at least 4 members (excludes halogenated alkanes) is 50. The Hall–Kier alpha value is -1.92. The first kappa shape index (κ1) is 77.1. The number of amides is 1. The highest BCUT2D eigenvalue weighted by Gasteiger charge is 2.20. The fraction of sp³-hybridized carbons (Fsp3) is 0.890. The van der Waals surface area contributed by atoms with Crippen molar-refractivity contribution >= 4 is 11.9 Å². The van der Waals surface area contributed by atoms with E-state index in [1.165, 1.54) is 308 Å². The molecule has 0 radical (unpaired) electrons. The van der Waals surface area contributed by atoms with Crippen molar-refractivity contribution in [1.29, 1.82) is 0 Å². The van der Waals surface area contributed by atoms with Gasteiger partial charge >= 0.3 is 5.97 Å². The molecule has 0 saturated carbocycles. The van der Waals surface area contributed by atoms with Crippen LogP contribution in [0.3, 0.4) is 0 Å². The Kier molecular flexibility index (Phi) is 66.9. The summed E-state index contributed by atoms with van der Waals surface area (Å²) in [6.07, 6.45) is 87.7. The number of rotatable bonds is 67. The number of carbonyl (C=O) groups excluding carboxylic acids is 2. The van der Waals surface area contributed by atoms with Crippen LogP contribution in [0.5, 0.6) is 0 Å². The Balaban J connectivity index is 3.36. The minimum Gasteiger partial charge on any atom is -0.466 e. The number of hydrogen-bond acceptors (Lipinski definition) is 5. The molecule has 0 spiro atoms. The SMILES string of the molecule is CCCCC/C=C\C/C=C\CCCCCCCC(=O)OCCCCCCCCCCCCCC/C=C\CCCCCCCCCCCCCCCCCC(=O)NC(CO)C(O)CCCCCCCCCCCCCCCCCC. The number of aliphatic hydroxyl groups excluding tert-OH is 2. The van der Waals surface area contributed by atoms with Gasteiger partial charge < -0.3 is 20.3 Å². The van der Waals surface area contributed by atoms with E-state index >= 15 is 0 Å². The highest BCUT2D eigenvalue weighted by molar-refractivity contribution is 5.76. The summed E-state index contributed by atoms with van der Waals surface area (Å²) in [7, 11) is 0. The predicted molar refractivity (Wildman–Crippen MR) is 347 cm³/mol. The van der Waals surface area contributed by atoms with Gasteiger partial charge in [-0.1, -0.05) is 333 Å². The molecule has 2 atom stereocenters. The molecular weight excluding hydrogens is 971 g/mol. The van der Waals surface area contributed by atoms with Crippen molar-refractivity contribution in [3.05, 3.63) is 36.5 Å². The van der Waals surface area contributed by atoms with Crippen LogP contribution in [0.15, 0.2) is 36.5 Å². The topological polar surface area (TPSA) is 95.9 Å². The zero-order chi connectivity index (χ0) is 57.1. The third-order valence-corrected chi connectivity index (χ3v) is 16.7. The lowest BCUT2D eigenvalue weighted by molar-refractivity contribution is -0.143. The van der Waals surface area contributed by atoms with Gasteiger partial charge in [-0.2, -0.15) is 0 Å². The van der Waals surface area contributed by atoms with Crippen molar-refractivity contribution in [1.82, 2.24) is 5.32 Å². The van der Waals surface area contributed by atoms with E-state index in [2.05, 4.69) is 55.6 Å². The Morgan fingerprint density at radius 1 is 0.354 bits per heavy atom. The van der Waals surface area contributed by atoms with Crippen LogP contribution in [0.2, 0.25) is 0 Å². The van der Waals surface area contributed by atoms with Crippen LogP contribution in [0.4, 0.5) is 0 Å². The molecule has 0 aromatic carbocycles. The summed E-state index contributed by atoms with van der Waals surface area (Å²) in [6, 6.07) is -0.540. The zero-order valence-corrected chi connectivity index (χ0v) is 53.4. The van der Waals surface area contributed by atoms with Crippen LogP contribution in [-0.2, 0) is 14.3 Å². The van der Waals surface area contributed by atoms with E-state index in [9.17, 15) is 19.8 Å².